The molecule has 105 valence electrons. The fourth-order valence-electron chi connectivity index (χ4n) is 2.10. The first-order valence-corrected chi connectivity index (χ1v) is 4.08. The van der Waals surface area contributed by atoms with E-state index in [4.69, 9.17) is 0 Å². The van der Waals surface area contributed by atoms with Gasteiger partial charge in [0.05, 0.1) is 0 Å². The molecule has 2 rings (SSSR count). The zero-order chi connectivity index (χ0) is 14.6. The summed E-state index contributed by atoms with van der Waals surface area (Å²) in [5, 5.41) is 0. The van der Waals surface area contributed by atoms with Crippen LogP contribution in [-0.4, -0.2) is 35.0 Å². The third-order valence-corrected chi connectivity index (χ3v) is 3.14. The highest BCUT2D eigenvalue weighted by Gasteiger charge is 3.13. The van der Waals surface area contributed by atoms with Crippen LogP contribution in [-0.2, 0) is 0 Å². The summed E-state index contributed by atoms with van der Waals surface area (Å²) in [5.74, 6) is -26.4. The van der Waals surface area contributed by atoms with E-state index < -0.39 is 41.2 Å². The van der Waals surface area contributed by atoms with Crippen molar-refractivity contribution in [1.29, 1.82) is 0 Å². The molecule has 0 amide bonds. The van der Waals surface area contributed by atoms with Crippen LogP contribution in [0.3, 0.4) is 0 Å². The monoisotopic (exact) mass is 293 g/mol. The lowest BCUT2D eigenvalue weighted by molar-refractivity contribution is -0.334. The van der Waals surface area contributed by atoms with Crippen LogP contribution in [0, 0.1) is 6.17 Å². The van der Waals surface area contributed by atoms with E-state index in [2.05, 4.69) is 0 Å². The van der Waals surface area contributed by atoms with Crippen molar-refractivity contribution in [1.82, 2.24) is 0 Å². The summed E-state index contributed by atoms with van der Waals surface area (Å²) < 4.78 is 141. The van der Waals surface area contributed by atoms with E-state index >= 15 is 0 Å². The molecule has 2 bridgehead atoms. The second-order valence-corrected chi connectivity index (χ2v) is 3.93. The number of hydrogen-bond donors (Lipinski definition) is 0. The lowest BCUT2D eigenvalue weighted by atomic mass is 9.85. The van der Waals surface area contributed by atoms with E-state index in [0.29, 0.717) is 0 Å². The second kappa shape index (κ2) is 2.58. The van der Waals surface area contributed by atoms with Crippen LogP contribution < -0.4 is 0 Å². The molecule has 0 aromatic heterocycles. The van der Waals surface area contributed by atoms with Crippen molar-refractivity contribution in [2.24, 2.45) is 0 Å². The molecule has 2 saturated carbocycles. The highest BCUT2D eigenvalue weighted by Crippen LogP contribution is 2.81. The topological polar surface area (TPSA) is 0 Å². The number of rotatable bonds is 0. The van der Waals surface area contributed by atoms with E-state index in [1.54, 1.807) is 0 Å². The molecule has 18 heavy (non-hydrogen) atoms. The van der Waals surface area contributed by atoms with Gasteiger partial charge in [0.1, 0.15) is 0 Å². The van der Waals surface area contributed by atoms with Crippen LogP contribution in [0.5, 0.6) is 0 Å². The summed E-state index contributed by atoms with van der Waals surface area (Å²) in [6, 6.07) is 0. The van der Waals surface area contributed by atoms with Crippen LogP contribution in [0.15, 0.2) is 0 Å². The third-order valence-electron chi connectivity index (χ3n) is 3.14. The van der Waals surface area contributed by atoms with Crippen molar-refractivity contribution < 1.29 is 48.3 Å². The molecule has 2 fully saturated rings. The van der Waals surface area contributed by atoms with Gasteiger partial charge >= 0.3 is 29.4 Å². The molecule has 2 aliphatic carbocycles. The zero-order valence-corrected chi connectivity index (χ0v) is 7.66. The van der Waals surface area contributed by atoms with Crippen LogP contribution in [0.4, 0.5) is 48.3 Å². The Morgan fingerprint density at radius 2 is 0.944 bits per heavy atom. The molecule has 0 aromatic rings. The van der Waals surface area contributed by atoms with E-state index in [1.807, 2.05) is 0 Å². The van der Waals surface area contributed by atoms with Crippen LogP contribution in [0.2, 0.25) is 0 Å². The highest BCUT2D eigenvalue weighted by atomic mass is 19.3. The number of fused-ring (bicyclic) bond motifs is 2. The summed E-state index contributed by atoms with van der Waals surface area (Å²) in [7, 11) is 0. The van der Waals surface area contributed by atoms with Gasteiger partial charge < -0.3 is 0 Å². The SMILES string of the molecule is F[C]1C(F)(F)C2(F)C(F)(F)C(F)(F)C1(F)C2(F)F. The first kappa shape index (κ1) is 13.7. The molecule has 0 spiro atoms. The van der Waals surface area contributed by atoms with Crippen molar-refractivity contribution in [3.8, 4) is 0 Å². The minimum atomic E-state index is -6.78. The standard InChI is InChI=1S/C7F11/c8-1-2(9)5(13,14)4(12,3(1,10)11)7(17,18)6(2,15)16. The van der Waals surface area contributed by atoms with Gasteiger partial charge in [0.25, 0.3) is 11.8 Å². The predicted molar refractivity (Wildman–Crippen MR) is 31.8 cm³/mol. The molecule has 0 heterocycles. The predicted octanol–water partition coefficient (Wildman–Crippen LogP) is 3.47. The third kappa shape index (κ3) is 0.725. The fraction of sp³-hybridized carbons (Fsp3) is 0.857. The first-order valence-electron chi connectivity index (χ1n) is 4.08. The Morgan fingerprint density at radius 1 is 0.556 bits per heavy atom. The summed E-state index contributed by atoms with van der Waals surface area (Å²) in [6.45, 7) is 0. The van der Waals surface area contributed by atoms with Crippen molar-refractivity contribution in [3.63, 3.8) is 0 Å². The molecular formula is C7F11. The average molecular weight is 293 g/mol. The van der Waals surface area contributed by atoms with Crippen molar-refractivity contribution in [2.75, 3.05) is 0 Å². The number of hydrogen-bond acceptors (Lipinski definition) is 0. The van der Waals surface area contributed by atoms with E-state index in [0.717, 1.165) is 0 Å². The minimum absolute atomic E-state index is 4.14. The highest BCUT2D eigenvalue weighted by molar-refractivity contribution is 5.49. The average Bonchev–Trinajstić information content (AvgIpc) is 2.32. The molecule has 2 atom stereocenters. The Labute approximate surface area is 90.7 Å². The van der Waals surface area contributed by atoms with Crippen LogP contribution in [0.25, 0.3) is 0 Å². The summed E-state index contributed by atoms with van der Waals surface area (Å²) in [5.41, 5.74) is -13.1. The first-order chi connectivity index (χ1) is 7.65. The van der Waals surface area contributed by atoms with Gasteiger partial charge in [-0.3, -0.25) is 0 Å². The van der Waals surface area contributed by atoms with Gasteiger partial charge in [0.15, 0.2) is 0 Å². The smallest absolute Gasteiger partial charge is 0.229 e. The van der Waals surface area contributed by atoms with E-state index in [1.165, 1.54) is 0 Å². The van der Waals surface area contributed by atoms with Crippen LogP contribution in [0.1, 0.15) is 0 Å². The van der Waals surface area contributed by atoms with Gasteiger partial charge in [-0.25, -0.2) is 13.2 Å². The molecule has 2 aliphatic rings. The molecule has 0 nitrogen and oxygen atoms in total. The van der Waals surface area contributed by atoms with Gasteiger partial charge in [0.2, 0.25) is 0 Å². The lowest BCUT2D eigenvalue weighted by Gasteiger charge is -2.38. The maximum absolute atomic E-state index is 13.2. The van der Waals surface area contributed by atoms with Crippen molar-refractivity contribution in [3.05, 3.63) is 6.17 Å². The van der Waals surface area contributed by atoms with Gasteiger partial charge in [-0.1, -0.05) is 0 Å². The summed E-state index contributed by atoms with van der Waals surface area (Å²) in [6.07, 6.45) is -4.14. The molecule has 11 heteroatoms. The van der Waals surface area contributed by atoms with Gasteiger partial charge in [-0.2, -0.15) is 35.1 Å². The molecule has 2 unspecified atom stereocenters. The molecule has 1 radical (unpaired) electrons. The van der Waals surface area contributed by atoms with E-state index in [9.17, 15) is 48.3 Å². The molecule has 0 N–H and O–H groups in total. The second-order valence-electron chi connectivity index (χ2n) is 3.93. The summed E-state index contributed by atoms with van der Waals surface area (Å²) in [4.78, 5) is 0. The van der Waals surface area contributed by atoms with Gasteiger partial charge in [-0.05, 0) is 0 Å². The summed E-state index contributed by atoms with van der Waals surface area (Å²) >= 11 is 0. The fourth-order valence-corrected chi connectivity index (χ4v) is 2.10. The lowest BCUT2D eigenvalue weighted by Crippen LogP contribution is -2.67. The number of halogens is 11. The van der Waals surface area contributed by atoms with Gasteiger partial charge in [-0.15, -0.1) is 0 Å². The minimum Gasteiger partial charge on any atom is -0.229 e. The zero-order valence-electron chi connectivity index (χ0n) is 7.66. The Balaban J connectivity index is 2.90. The van der Waals surface area contributed by atoms with Crippen LogP contribution >= 0.6 is 0 Å². The Hall–Kier alpha value is -0.770. The maximum Gasteiger partial charge on any atom is 0.359 e. The molecular weight excluding hydrogens is 293 g/mol. The normalized spacial score (nSPS) is 47.5. The Bertz CT molecular complexity index is 414. The molecule has 0 aromatic carbocycles. The van der Waals surface area contributed by atoms with Crippen molar-refractivity contribution in [2.45, 2.75) is 35.0 Å². The van der Waals surface area contributed by atoms with Gasteiger partial charge in [0, 0.05) is 0 Å². The Morgan fingerprint density at radius 3 is 1.22 bits per heavy atom. The number of alkyl halides is 10. The van der Waals surface area contributed by atoms with E-state index in [-0.39, 0.29) is 0 Å². The molecule has 0 aliphatic heterocycles. The quantitative estimate of drug-likeness (QED) is 0.600. The Kier molecular flexibility index (Phi) is 1.95. The maximum atomic E-state index is 13.2. The molecule has 0 saturated heterocycles. The van der Waals surface area contributed by atoms with Crippen molar-refractivity contribution >= 4 is 0 Å². The largest absolute Gasteiger partial charge is 0.359 e.